The number of hydrogen-bond donors (Lipinski definition) is 1. The second-order valence-corrected chi connectivity index (χ2v) is 3.69. The van der Waals surface area contributed by atoms with Crippen molar-refractivity contribution < 1.29 is 0 Å². The Morgan fingerprint density at radius 1 is 1.67 bits per heavy atom. The number of hydrogen-bond acceptors (Lipinski definition) is 4. The van der Waals surface area contributed by atoms with Crippen molar-refractivity contribution in [1.29, 1.82) is 5.26 Å². The van der Waals surface area contributed by atoms with E-state index in [1.54, 1.807) is 6.20 Å². The smallest absolute Gasteiger partial charge is 0.152 e. The molecular formula is C11H16N4. The molecular weight excluding hydrogens is 188 g/mol. The van der Waals surface area contributed by atoms with Crippen LogP contribution in [0, 0.1) is 18.3 Å². The number of pyridine rings is 1. The predicted octanol–water partition coefficient (Wildman–Crippen LogP) is 1.71. The van der Waals surface area contributed by atoms with Gasteiger partial charge in [0.25, 0.3) is 0 Å². The van der Waals surface area contributed by atoms with Crippen LogP contribution in [0.3, 0.4) is 0 Å². The number of aromatic nitrogens is 1. The molecule has 0 saturated heterocycles. The zero-order valence-corrected chi connectivity index (χ0v) is 9.36. The van der Waals surface area contributed by atoms with E-state index in [0.29, 0.717) is 12.1 Å². The van der Waals surface area contributed by atoms with E-state index in [1.807, 2.05) is 31.9 Å². The molecule has 0 aliphatic carbocycles. The zero-order valence-electron chi connectivity index (χ0n) is 9.36. The Labute approximate surface area is 90.3 Å². The molecule has 0 bridgehead atoms. The summed E-state index contributed by atoms with van der Waals surface area (Å²) in [7, 11) is 1.90. The lowest BCUT2D eigenvalue weighted by Crippen LogP contribution is -2.30. The molecule has 0 spiro atoms. The van der Waals surface area contributed by atoms with E-state index in [9.17, 15) is 0 Å². The van der Waals surface area contributed by atoms with Gasteiger partial charge in [-0.15, -0.1) is 0 Å². The summed E-state index contributed by atoms with van der Waals surface area (Å²) in [5.41, 5.74) is 7.63. The Morgan fingerprint density at radius 2 is 2.33 bits per heavy atom. The average molecular weight is 204 g/mol. The molecule has 0 fully saturated rings. The molecule has 0 aromatic carbocycles. The predicted molar refractivity (Wildman–Crippen MR) is 61.5 cm³/mol. The average Bonchev–Trinajstić information content (AvgIpc) is 2.21. The molecule has 1 atom stereocenters. The molecule has 0 aliphatic rings. The van der Waals surface area contributed by atoms with Gasteiger partial charge in [0.1, 0.15) is 0 Å². The number of aryl methyl sites for hydroxylation is 1. The number of nitrogens with two attached hydrogens (primary N) is 1. The lowest BCUT2D eigenvalue weighted by molar-refractivity contribution is 0.695. The van der Waals surface area contributed by atoms with Crippen molar-refractivity contribution in [3.63, 3.8) is 0 Å². The van der Waals surface area contributed by atoms with Crippen molar-refractivity contribution in [2.75, 3.05) is 17.7 Å². The minimum Gasteiger partial charge on any atom is -0.396 e. The van der Waals surface area contributed by atoms with Crippen molar-refractivity contribution in [2.24, 2.45) is 0 Å². The highest BCUT2D eigenvalue weighted by atomic mass is 15.2. The number of nitrogens with zero attached hydrogens (tertiary/aromatic N) is 3. The third kappa shape index (κ3) is 2.38. The molecule has 1 heterocycles. The normalized spacial score (nSPS) is 11.9. The number of nitrogen functional groups attached to an aromatic ring is 1. The Morgan fingerprint density at radius 3 is 2.93 bits per heavy atom. The first-order valence-corrected chi connectivity index (χ1v) is 4.88. The maximum atomic E-state index is 8.63. The van der Waals surface area contributed by atoms with E-state index in [1.165, 1.54) is 0 Å². The van der Waals surface area contributed by atoms with Gasteiger partial charge in [0.15, 0.2) is 5.82 Å². The van der Waals surface area contributed by atoms with Crippen LogP contribution in [-0.2, 0) is 0 Å². The minimum atomic E-state index is 0.117. The molecule has 1 aromatic rings. The SMILES string of the molecule is Cc1ccnc(N(C)C(C)CC#N)c1N. The third-order valence-electron chi connectivity index (χ3n) is 2.57. The summed E-state index contributed by atoms with van der Waals surface area (Å²) >= 11 is 0. The van der Waals surface area contributed by atoms with Crippen LogP contribution >= 0.6 is 0 Å². The fourth-order valence-electron chi connectivity index (χ4n) is 1.31. The van der Waals surface area contributed by atoms with Gasteiger partial charge in [-0.1, -0.05) is 0 Å². The first-order chi connectivity index (χ1) is 7.07. The summed E-state index contributed by atoms with van der Waals surface area (Å²) in [5, 5.41) is 8.63. The molecule has 0 amide bonds. The van der Waals surface area contributed by atoms with Gasteiger partial charge in [-0.3, -0.25) is 0 Å². The highest BCUT2D eigenvalue weighted by molar-refractivity contribution is 5.66. The van der Waals surface area contributed by atoms with Crippen molar-refractivity contribution in [2.45, 2.75) is 26.3 Å². The Bertz CT molecular complexity index is 381. The van der Waals surface area contributed by atoms with E-state index in [-0.39, 0.29) is 6.04 Å². The maximum Gasteiger partial charge on any atom is 0.152 e. The summed E-state index contributed by atoms with van der Waals surface area (Å²) in [6.07, 6.45) is 2.20. The number of nitriles is 1. The monoisotopic (exact) mass is 204 g/mol. The first-order valence-electron chi connectivity index (χ1n) is 4.88. The molecule has 4 nitrogen and oxygen atoms in total. The second kappa shape index (κ2) is 4.65. The fourth-order valence-corrected chi connectivity index (χ4v) is 1.31. The van der Waals surface area contributed by atoms with Gasteiger partial charge >= 0.3 is 0 Å². The Balaban J connectivity index is 2.96. The highest BCUT2D eigenvalue weighted by Gasteiger charge is 2.14. The van der Waals surface area contributed by atoms with Crippen LogP contribution in [0.15, 0.2) is 12.3 Å². The number of rotatable bonds is 3. The summed E-state index contributed by atoms with van der Waals surface area (Å²) in [6, 6.07) is 4.14. The quantitative estimate of drug-likeness (QED) is 0.814. The molecule has 0 saturated carbocycles. The van der Waals surface area contributed by atoms with Crippen molar-refractivity contribution >= 4 is 11.5 Å². The van der Waals surface area contributed by atoms with Crippen molar-refractivity contribution in [1.82, 2.24) is 4.98 Å². The summed E-state index contributed by atoms with van der Waals surface area (Å²) in [6.45, 7) is 3.93. The molecule has 0 radical (unpaired) electrons. The van der Waals surface area contributed by atoms with Gasteiger partial charge in [0, 0.05) is 19.3 Å². The van der Waals surface area contributed by atoms with Gasteiger partial charge in [-0.2, -0.15) is 5.26 Å². The second-order valence-electron chi connectivity index (χ2n) is 3.69. The molecule has 80 valence electrons. The van der Waals surface area contributed by atoms with Crippen molar-refractivity contribution in [3.8, 4) is 6.07 Å². The summed E-state index contributed by atoms with van der Waals surface area (Å²) in [4.78, 5) is 6.17. The van der Waals surface area contributed by atoms with E-state index in [2.05, 4.69) is 11.1 Å². The summed E-state index contributed by atoms with van der Waals surface area (Å²) in [5.74, 6) is 0.748. The molecule has 0 aliphatic heterocycles. The van der Waals surface area contributed by atoms with Crippen LogP contribution in [0.1, 0.15) is 18.9 Å². The van der Waals surface area contributed by atoms with Crippen LogP contribution < -0.4 is 10.6 Å². The standard InChI is InChI=1S/C11H16N4/c1-8-5-7-14-11(10(8)13)15(3)9(2)4-6-12/h5,7,9H,4,13H2,1-3H3. The van der Waals surface area contributed by atoms with Gasteiger partial charge in [0.2, 0.25) is 0 Å². The topological polar surface area (TPSA) is 65.9 Å². The molecule has 1 unspecified atom stereocenters. The van der Waals surface area contributed by atoms with Gasteiger partial charge in [0.05, 0.1) is 18.2 Å². The van der Waals surface area contributed by atoms with Crippen LogP contribution in [0.5, 0.6) is 0 Å². The molecule has 1 aromatic heterocycles. The fraction of sp³-hybridized carbons (Fsp3) is 0.455. The molecule has 15 heavy (non-hydrogen) atoms. The molecule has 2 N–H and O–H groups in total. The van der Waals surface area contributed by atoms with E-state index in [4.69, 9.17) is 11.0 Å². The zero-order chi connectivity index (χ0) is 11.4. The first kappa shape index (κ1) is 11.3. The Hall–Kier alpha value is -1.76. The van der Waals surface area contributed by atoms with Gasteiger partial charge in [-0.05, 0) is 25.5 Å². The van der Waals surface area contributed by atoms with Gasteiger partial charge < -0.3 is 10.6 Å². The lowest BCUT2D eigenvalue weighted by atomic mass is 10.2. The Kier molecular flexibility index (Phi) is 3.51. The molecule has 4 heteroatoms. The minimum absolute atomic E-state index is 0.117. The van der Waals surface area contributed by atoms with Crippen molar-refractivity contribution in [3.05, 3.63) is 17.8 Å². The summed E-state index contributed by atoms with van der Waals surface area (Å²) < 4.78 is 0. The largest absolute Gasteiger partial charge is 0.396 e. The van der Waals surface area contributed by atoms with Gasteiger partial charge in [-0.25, -0.2) is 4.98 Å². The number of anilines is 2. The van der Waals surface area contributed by atoms with E-state index in [0.717, 1.165) is 11.4 Å². The van der Waals surface area contributed by atoms with Crippen LogP contribution in [0.4, 0.5) is 11.5 Å². The highest BCUT2D eigenvalue weighted by Crippen LogP contribution is 2.24. The third-order valence-corrected chi connectivity index (χ3v) is 2.57. The van der Waals surface area contributed by atoms with E-state index < -0.39 is 0 Å². The van der Waals surface area contributed by atoms with E-state index >= 15 is 0 Å². The lowest BCUT2D eigenvalue weighted by Gasteiger charge is -2.25. The van der Waals surface area contributed by atoms with Crippen LogP contribution in [-0.4, -0.2) is 18.1 Å². The van der Waals surface area contributed by atoms with Crippen LogP contribution in [0.25, 0.3) is 0 Å². The van der Waals surface area contributed by atoms with Crippen LogP contribution in [0.2, 0.25) is 0 Å². The molecule has 1 rings (SSSR count). The maximum absolute atomic E-state index is 8.63.